The summed E-state index contributed by atoms with van der Waals surface area (Å²) in [5.74, 6) is 0.122. The van der Waals surface area contributed by atoms with Crippen molar-refractivity contribution in [3.63, 3.8) is 0 Å². The molecule has 1 aliphatic heterocycles. The molecule has 0 saturated carbocycles. The molecule has 6 heteroatoms. The number of hydrogen-bond donors (Lipinski definition) is 1. The largest absolute Gasteiger partial charge is 0.384 e. The molecule has 1 saturated heterocycles. The Morgan fingerprint density at radius 1 is 1.24 bits per heavy atom. The van der Waals surface area contributed by atoms with Gasteiger partial charge in [0.25, 0.3) is 5.91 Å². The molecule has 2 rings (SSSR count). The lowest BCUT2D eigenvalue weighted by Crippen LogP contribution is -2.34. The van der Waals surface area contributed by atoms with Crippen LogP contribution in [0, 0.1) is 0 Å². The monoisotopic (exact) mass is 309 g/mol. The van der Waals surface area contributed by atoms with Crippen LogP contribution in [0.3, 0.4) is 0 Å². The Hall–Kier alpha value is -1.75. The van der Waals surface area contributed by atoms with Crippen LogP contribution in [0.4, 0.5) is 0 Å². The molecule has 0 spiro atoms. The van der Waals surface area contributed by atoms with E-state index in [1.165, 1.54) is 12.8 Å². The number of halogens is 1. The first kappa shape index (κ1) is 15.6. The molecule has 0 aliphatic carbocycles. The zero-order valence-electron chi connectivity index (χ0n) is 11.9. The van der Waals surface area contributed by atoms with Gasteiger partial charge in [-0.1, -0.05) is 41.7 Å². The van der Waals surface area contributed by atoms with E-state index in [0.717, 1.165) is 25.9 Å². The first-order chi connectivity index (χ1) is 10.2. The van der Waals surface area contributed by atoms with E-state index in [2.05, 4.69) is 5.16 Å². The van der Waals surface area contributed by atoms with Crippen LogP contribution < -0.4 is 5.73 Å². The number of nitrogens with two attached hydrogens (primary N) is 1. The second kappa shape index (κ2) is 7.88. The minimum absolute atomic E-state index is 0.0485. The number of hydrogen-bond acceptors (Lipinski definition) is 3. The maximum absolute atomic E-state index is 12.0. The number of likely N-dealkylation sites (tertiary alicyclic amines) is 1. The van der Waals surface area contributed by atoms with E-state index in [4.69, 9.17) is 22.2 Å². The second-order valence-electron chi connectivity index (χ2n) is 5.02. The van der Waals surface area contributed by atoms with Crippen LogP contribution in [-0.2, 0) is 9.63 Å². The molecule has 1 aliphatic rings. The molecule has 0 radical (unpaired) electrons. The van der Waals surface area contributed by atoms with Crippen molar-refractivity contribution in [2.45, 2.75) is 25.7 Å². The Kier molecular flexibility index (Phi) is 5.87. The van der Waals surface area contributed by atoms with Gasteiger partial charge in [-0.05, 0) is 25.0 Å². The lowest BCUT2D eigenvalue weighted by molar-refractivity contribution is -0.136. The van der Waals surface area contributed by atoms with Gasteiger partial charge in [0.2, 0.25) is 0 Å². The van der Waals surface area contributed by atoms with Crippen molar-refractivity contribution in [3.8, 4) is 0 Å². The Morgan fingerprint density at radius 2 is 1.90 bits per heavy atom. The van der Waals surface area contributed by atoms with Crippen molar-refractivity contribution >= 4 is 23.3 Å². The number of carbonyl (C=O) groups is 1. The Balaban J connectivity index is 1.86. The molecule has 5 nitrogen and oxygen atoms in total. The van der Waals surface area contributed by atoms with Gasteiger partial charge in [-0.15, -0.1) is 0 Å². The van der Waals surface area contributed by atoms with Gasteiger partial charge in [-0.25, -0.2) is 0 Å². The molecule has 1 aromatic carbocycles. The highest BCUT2D eigenvalue weighted by molar-refractivity contribution is 6.34. The van der Waals surface area contributed by atoms with Crippen LogP contribution in [0.2, 0.25) is 5.02 Å². The number of amides is 1. The molecule has 0 atom stereocenters. The summed E-state index contributed by atoms with van der Waals surface area (Å²) in [4.78, 5) is 18.9. The number of benzene rings is 1. The van der Waals surface area contributed by atoms with E-state index in [0.29, 0.717) is 10.6 Å². The second-order valence-corrected chi connectivity index (χ2v) is 5.43. The molecular weight excluding hydrogens is 290 g/mol. The molecule has 1 heterocycles. The molecule has 1 amide bonds. The summed E-state index contributed by atoms with van der Waals surface area (Å²) < 4.78 is 0. The fourth-order valence-corrected chi connectivity index (χ4v) is 2.52. The van der Waals surface area contributed by atoms with Crippen LogP contribution in [0.15, 0.2) is 29.4 Å². The third kappa shape index (κ3) is 4.63. The van der Waals surface area contributed by atoms with Crippen molar-refractivity contribution in [1.29, 1.82) is 0 Å². The molecular formula is C15H20ClN3O2. The summed E-state index contributed by atoms with van der Waals surface area (Å²) in [5.41, 5.74) is 6.40. The maximum Gasteiger partial charge on any atom is 0.263 e. The first-order valence-electron chi connectivity index (χ1n) is 7.16. The third-order valence-corrected chi connectivity index (χ3v) is 3.79. The van der Waals surface area contributed by atoms with E-state index in [9.17, 15) is 4.79 Å². The SMILES string of the molecule is N/C(=N/OCC(=O)N1CCCCCC1)c1ccccc1Cl. The molecule has 114 valence electrons. The topological polar surface area (TPSA) is 67.9 Å². The summed E-state index contributed by atoms with van der Waals surface area (Å²) in [6.07, 6.45) is 4.47. The molecule has 0 bridgehead atoms. The Morgan fingerprint density at radius 3 is 2.57 bits per heavy atom. The van der Waals surface area contributed by atoms with Crippen molar-refractivity contribution in [3.05, 3.63) is 34.9 Å². The van der Waals surface area contributed by atoms with Gasteiger partial charge in [0.05, 0.1) is 5.02 Å². The zero-order chi connectivity index (χ0) is 15.1. The van der Waals surface area contributed by atoms with Gasteiger partial charge in [0, 0.05) is 18.7 Å². The molecule has 21 heavy (non-hydrogen) atoms. The van der Waals surface area contributed by atoms with Crippen LogP contribution in [0.1, 0.15) is 31.2 Å². The number of amidine groups is 1. The van der Waals surface area contributed by atoms with Crippen molar-refractivity contribution in [2.24, 2.45) is 10.9 Å². The van der Waals surface area contributed by atoms with E-state index in [1.54, 1.807) is 12.1 Å². The van der Waals surface area contributed by atoms with Gasteiger partial charge in [-0.3, -0.25) is 4.79 Å². The van der Waals surface area contributed by atoms with E-state index in [1.807, 2.05) is 17.0 Å². The molecule has 0 aromatic heterocycles. The summed E-state index contributed by atoms with van der Waals surface area (Å²) in [6.45, 7) is 1.50. The van der Waals surface area contributed by atoms with E-state index < -0.39 is 0 Å². The highest BCUT2D eigenvalue weighted by Crippen LogP contribution is 2.14. The van der Waals surface area contributed by atoms with Gasteiger partial charge in [-0.2, -0.15) is 0 Å². The molecule has 0 unspecified atom stereocenters. The summed E-state index contributed by atoms with van der Waals surface area (Å²) in [7, 11) is 0. The molecule has 1 fully saturated rings. The summed E-state index contributed by atoms with van der Waals surface area (Å²) >= 11 is 6.01. The van der Waals surface area contributed by atoms with Crippen LogP contribution >= 0.6 is 11.6 Å². The van der Waals surface area contributed by atoms with Crippen LogP contribution in [-0.4, -0.2) is 36.3 Å². The highest BCUT2D eigenvalue weighted by Gasteiger charge is 2.15. The molecule has 2 N–H and O–H groups in total. The van der Waals surface area contributed by atoms with Crippen molar-refractivity contribution in [1.82, 2.24) is 4.90 Å². The van der Waals surface area contributed by atoms with E-state index >= 15 is 0 Å². The van der Waals surface area contributed by atoms with Gasteiger partial charge in [0.1, 0.15) is 0 Å². The van der Waals surface area contributed by atoms with Crippen molar-refractivity contribution in [2.75, 3.05) is 19.7 Å². The lowest BCUT2D eigenvalue weighted by atomic mass is 10.2. The van der Waals surface area contributed by atoms with Gasteiger partial charge >= 0.3 is 0 Å². The molecule has 1 aromatic rings. The smallest absolute Gasteiger partial charge is 0.263 e. The summed E-state index contributed by atoms with van der Waals surface area (Å²) in [5, 5.41) is 4.28. The van der Waals surface area contributed by atoms with E-state index in [-0.39, 0.29) is 18.3 Å². The Bertz CT molecular complexity index is 511. The van der Waals surface area contributed by atoms with Gasteiger partial charge < -0.3 is 15.5 Å². The lowest BCUT2D eigenvalue weighted by Gasteiger charge is -2.19. The minimum Gasteiger partial charge on any atom is -0.384 e. The van der Waals surface area contributed by atoms with Crippen LogP contribution in [0.5, 0.6) is 0 Å². The fraction of sp³-hybridized carbons (Fsp3) is 0.467. The average Bonchev–Trinajstić information content (AvgIpc) is 2.76. The predicted octanol–water partition coefficient (Wildman–Crippen LogP) is 2.38. The minimum atomic E-state index is -0.0921. The predicted molar refractivity (Wildman–Crippen MR) is 83.2 cm³/mol. The van der Waals surface area contributed by atoms with Crippen molar-refractivity contribution < 1.29 is 9.63 Å². The zero-order valence-corrected chi connectivity index (χ0v) is 12.7. The first-order valence-corrected chi connectivity index (χ1v) is 7.54. The number of nitrogens with zero attached hydrogens (tertiary/aromatic N) is 2. The maximum atomic E-state index is 12.0. The van der Waals surface area contributed by atoms with Gasteiger partial charge in [0.15, 0.2) is 12.4 Å². The normalized spacial score (nSPS) is 16.4. The summed E-state index contributed by atoms with van der Waals surface area (Å²) in [6, 6.07) is 7.09. The highest BCUT2D eigenvalue weighted by atomic mass is 35.5. The number of carbonyl (C=O) groups excluding carboxylic acids is 1. The standard InChI is InChI=1S/C15H20ClN3O2/c16-13-8-4-3-7-12(13)15(17)18-21-11-14(20)19-9-5-1-2-6-10-19/h3-4,7-8H,1-2,5-6,9-11H2,(H2,17,18). The number of rotatable bonds is 4. The number of oxime groups is 1. The van der Waals surface area contributed by atoms with Crippen LogP contribution in [0.25, 0.3) is 0 Å². The average molecular weight is 310 g/mol. The Labute approximate surface area is 129 Å². The third-order valence-electron chi connectivity index (χ3n) is 3.46. The fourth-order valence-electron chi connectivity index (χ4n) is 2.29. The quantitative estimate of drug-likeness (QED) is 0.527.